The highest BCUT2D eigenvalue weighted by Crippen LogP contribution is 2.54. The van der Waals surface area contributed by atoms with Crippen molar-refractivity contribution in [1.29, 1.82) is 0 Å². The number of fused-ring (bicyclic) bond motifs is 1. The summed E-state index contributed by atoms with van der Waals surface area (Å²) in [4.78, 5) is 73.6. The summed E-state index contributed by atoms with van der Waals surface area (Å²) in [5, 5.41) is 5.69. The fourth-order valence-corrected chi connectivity index (χ4v) is 9.88. The van der Waals surface area contributed by atoms with Gasteiger partial charge >= 0.3 is 12.2 Å². The van der Waals surface area contributed by atoms with Gasteiger partial charge in [0.05, 0.1) is 50.1 Å². The Bertz CT molecular complexity index is 2210. The van der Waals surface area contributed by atoms with E-state index in [1.807, 2.05) is 61.0 Å². The number of imidazole rings is 2. The number of methoxy groups -OCH3 is 2. The molecule has 3 aliphatic heterocycles. The fourth-order valence-electron chi connectivity index (χ4n) is 9.88. The molecule has 0 radical (unpaired) electrons. The van der Waals surface area contributed by atoms with Crippen LogP contribution >= 0.6 is 0 Å². The first kappa shape index (κ1) is 43.9. The average Bonchev–Trinajstić information content (AvgIpc) is 3.65. The Kier molecular flexibility index (Phi) is 13.5. The first-order valence-electron chi connectivity index (χ1n) is 22.4. The maximum Gasteiger partial charge on any atom is 0.407 e. The number of ether oxygens (including phenoxy) is 4. The number of alkyl carbamates (subject to hydrolysis) is 2. The molecule has 3 saturated heterocycles. The first-order chi connectivity index (χ1) is 30.6. The summed E-state index contributed by atoms with van der Waals surface area (Å²) in [7, 11) is 2.62. The zero-order valence-corrected chi connectivity index (χ0v) is 36.8. The zero-order chi connectivity index (χ0) is 44.2. The minimum absolute atomic E-state index is 0.0205. The molecule has 4 amide bonds. The summed E-state index contributed by atoms with van der Waals surface area (Å²) in [5.41, 5.74) is 5.62. The number of likely N-dealkylation sites (tertiary alicyclic amines) is 1. The number of nitrogens with one attached hydrogen (secondary N) is 4. The van der Waals surface area contributed by atoms with E-state index in [1.54, 1.807) is 6.20 Å². The molecule has 16 nitrogen and oxygen atoms in total. The number of hydrogen-bond donors (Lipinski definition) is 4. The van der Waals surface area contributed by atoms with E-state index < -0.39 is 24.3 Å². The number of H-pyrrole nitrogens is 2. The Balaban J connectivity index is 0.938. The summed E-state index contributed by atoms with van der Waals surface area (Å²) < 4.78 is 20.9. The predicted molar refractivity (Wildman–Crippen MR) is 234 cm³/mol. The third-order valence-electron chi connectivity index (χ3n) is 13.4. The maximum atomic E-state index is 14.3. The summed E-state index contributed by atoms with van der Waals surface area (Å²) in [6.07, 6.45) is 7.63. The number of benzene rings is 2. The molecule has 2 aromatic heterocycles. The van der Waals surface area contributed by atoms with Crippen LogP contribution in [0.3, 0.4) is 0 Å². The molecule has 0 unspecified atom stereocenters. The Hall–Kier alpha value is -5.74. The van der Waals surface area contributed by atoms with Crippen molar-refractivity contribution >= 4 is 24.0 Å². The van der Waals surface area contributed by atoms with Gasteiger partial charge in [0, 0.05) is 49.6 Å². The summed E-state index contributed by atoms with van der Waals surface area (Å²) >= 11 is 0. The molecule has 6 atom stereocenters. The second kappa shape index (κ2) is 19.3. The van der Waals surface area contributed by atoms with Gasteiger partial charge in [-0.15, -0.1) is 0 Å². The van der Waals surface area contributed by atoms with Gasteiger partial charge in [-0.05, 0) is 87.7 Å². The van der Waals surface area contributed by atoms with Crippen molar-refractivity contribution in [3.63, 3.8) is 0 Å². The van der Waals surface area contributed by atoms with E-state index in [1.165, 1.54) is 14.2 Å². The highest BCUT2D eigenvalue weighted by molar-refractivity contribution is 5.88. The van der Waals surface area contributed by atoms with Gasteiger partial charge in [0.2, 0.25) is 11.8 Å². The number of carbonyl (C=O) groups is 4. The molecule has 4 N–H and O–H groups in total. The highest BCUT2D eigenvalue weighted by Gasteiger charge is 2.56. The van der Waals surface area contributed by atoms with Crippen molar-refractivity contribution in [3.8, 4) is 33.9 Å². The van der Waals surface area contributed by atoms with Crippen LogP contribution in [0.4, 0.5) is 9.59 Å². The third-order valence-corrected chi connectivity index (χ3v) is 13.4. The molecule has 4 aromatic rings. The zero-order valence-electron chi connectivity index (χ0n) is 36.8. The SMILES string of the molecule is CC[C@@H](c1cnc(-c2ccc(-c3ccc(-c4ncc([C@@H]5C[C@H]6C[C@H]6N5C(=O)[C@@H](NC(=O)OC)C5CCOCC5)[nH]4)cc3)cc2)[nH]1)N(C(=O)[C@@H](NC(=O)OC)C1CCOCC1)C(C)C. The van der Waals surface area contributed by atoms with Crippen molar-refractivity contribution in [1.82, 2.24) is 40.4 Å². The number of aromatic nitrogens is 4. The maximum absolute atomic E-state index is 14.3. The van der Waals surface area contributed by atoms with Crippen LogP contribution in [-0.4, -0.2) is 119 Å². The van der Waals surface area contributed by atoms with Gasteiger partial charge < -0.3 is 49.3 Å². The van der Waals surface area contributed by atoms with Gasteiger partial charge in [-0.3, -0.25) is 9.59 Å². The van der Waals surface area contributed by atoms with Gasteiger partial charge in [0.25, 0.3) is 0 Å². The number of amides is 4. The Labute approximate surface area is 368 Å². The Morgan fingerprint density at radius 1 is 0.746 bits per heavy atom. The van der Waals surface area contributed by atoms with E-state index in [9.17, 15) is 19.2 Å². The third kappa shape index (κ3) is 9.47. The smallest absolute Gasteiger partial charge is 0.407 e. The summed E-state index contributed by atoms with van der Waals surface area (Å²) in [6.45, 7) is 8.23. The number of nitrogens with zero attached hydrogens (tertiary/aromatic N) is 4. The molecular weight excluding hydrogens is 805 g/mol. The number of carbonyl (C=O) groups excluding carboxylic acids is 4. The molecule has 336 valence electrons. The van der Waals surface area contributed by atoms with Crippen LogP contribution in [0.1, 0.15) is 89.2 Å². The van der Waals surface area contributed by atoms with Crippen LogP contribution in [0.2, 0.25) is 0 Å². The van der Waals surface area contributed by atoms with Crippen LogP contribution in [-0.2, 0) is 28.5 Å². The molecule has 0 spiro atoms. The predicted octanol–water partition coefficient (Wildman–Crippen LogP) is 6.79. The molecule has 16 heteroatoms. The van der Waals surface area contributed by atoms with Crippen LogP contribution < -0.4 is 10.6 Å². The molecule has 1 aliphatic carbocycles. The largest absolute Gasteiger partial charge is 0.453 e. The molecular formula is C47H60N8O8. The van der Waals surface area contributed by atoms with Crippen LogP contribution in [0.25, 0.3) is 33.9 Å². The van der Waals surface area contributed by atoms with Crippen molar-refractivity contribution in [2.45, 2.75) is 102 Å². The topological polar surface area (TPSA) is 193 Å². The van der Waals surface area contributed by atoms with E-state index in [2.05, 4.69) is 44.9 Å². The fraction of sp³-hybridized carbons (Fsp3) is 0.532. The van der Waals surface area contributed by atoms with Crippen LogP contribution in [0.5, 0.6) is 0 Å². The van der Waals surface area contributed by atoms with Gasteiger partial charge in [0.1, 0.15) is 23.7 Å². The average molecular weight is 865 g/mol. The number of piperidine rings is 1. The second-order valence-electron chi connectivity index (χ2n) is 17.5. The summed E-state index contributed by atoms with van der Waals surface area (Å²) in [6, 6.07) is 14.6. The molecule has 2 aromatic carbocycles. The number of hydrogen-bond acceptors (Lipinski definition) is 10. The Morgan fingerprint density at radius 3 is 1.79 bits per heavy atom. The van der Waals surface area contributed by atoms with Crippen LogP contribution in [0, 0.1) is 17.8 Å². The highest BCUT2D eigenvalue weighted by atomic mass is 16.5. The molecule has 4 fully saturated rings. The van der Waals surface area contributed by atoms with E-state index in [-0.39, 0.29) is 47.8 Å². The minimum Gasteiger partial charge on any atom is -0.453 e. The standard InChI is InChI=1S/C47H60N8O8/c1-6-37(54(27(2)3)44(56)40(52-46(58)60-4)30-15-19-62-20-16-30)35-25-48-42(50-35)32-11-7-28(8-12-32)29-9-13-33(14-10-29)43-49-26-36(51-43)39-24-34-23-38(34)55(39)45(57)41(53-47(59)61-5)31-17-21-63-22-18-31/h7-14,25-27,30-31,34,37-41H,6,15-24H2,1-5H3,(H,48,50)(H,49,51)(H,52,58)(H,53,59)/t34-,37+,38-,39+,40+,41+/m1/s1. The van der Waals surface area contributed by atoms with Gasteiger partial charge in [-0.1, -0.05) is 55.5 Å². The Morgan fingerprint density at radius 2 is 1.25 bits per heavy atom. The number of aromatic amines is 2. The van der Waals surface area contributed by atoms with E-state index >= 15 is 0 Å². The molecule has 5 heterocycles. The van der Waals surface area contributed by atoms with Crippen molar-refractivity contribution < 1.29 is 38.1 Å². The minimum atomic E-state index is -0.733. The lowest BCUT2D eigenvalue weighted by atomic mass is 9.89. The van der Waals surface area contributed by atoms with Gasteiger partial charge in [-0.2, -0.15) is 0 Å². The molecule has 1 saturated carbocycles. The lowest BCUT2D eigenvalue weighted by Gasteiger charge is -2.39. The van der Waals surface area contributed by atoms with Gasteiger partial charge in [0.15, 0.2) is 0 Å². The molecule has 4 aliphatic rings. The number of rotatable bonds is 14. The van der Waals surface area contributed by atoms with Gasteiger partial charge in [-0.25, -0.2) is 19.6 Å². The van der Waals surface area contributed by atoms with Crippen molar-refractivity contribution in [2.24, 2.45) is 17.8 Å². The lowest BCUT2D eigenvalue weighted by molar-refractivity contribution is -0.140. The van der Waals surface area contributed by atoms with Crippen LogP contribution in [0.15, 0.2) is 60.9 Å². The van der Waals surface area contributed by atoms with Crippen molar-refractivity contribution in [2.75, 3.05) is 40.6 Å². The monoisotopic (exact) mass is 864 g/mol. The van der Waals surface area contributed by atoms with E-state index in [0.717, 1.165) is 52.3 Å². The van der Waals surface area contributed by atoms with E-state index in [0.29, 0.717) is 70.3 Å². The normalized spacial score (nSPS) is 21.6. The lowest BCUT2D eigenvalue weighted by Crippen LogP contribution is -2.55. The molecule has 0 bridgehead atoms. The second-order valence-corrected chi connectivity index (χ2v) is 17.5. The first-order valence-corrected chi connectivity index (χ1v) is 22.4. The summed E-state index contributed by atoms with van der Waals surface area (Å²) in [5.74, 6) is 1.56. The van der Waals surface area contributed by atoms with Crippen molar-refractivity contribution in [3.05, 3.63) is 72.3 Å². The van der Waals surface area contributed by atoms with E-state index in [4.69, 9.17) is 28.9 Å². The molecule has 8 rings (SSSR count). The quantitative estimate of drug-likeness (QED) is 0.105. The molecule has 63 heavy (non-hydrogen) atoms.